The zero-order chi connectivity index (χ0) is 23.0. The molecule has 0 spiro atoms. The normalized spacial score (nSPS) is 26.6. The van der Waals surface area contributed by atoms with Crippen LogP contribution in [0.3, 0.4) is 0 Å². The molecule has 1 aliphatic carbocycles. The molecular weight excluding hydrogens is 465 g/mol. The molecule has 3 heterocycles. The average molecular weight is 488 g/mol. The molecule has 0 amide bonds. The summed E-state index contributed by atoms with van der Waals surface area (Å²) in [5.74, 6) is 0. The van der Waals surface area contributed by atoms with E-state index in [1.807, 2.05) is 0 Å². The lowest BCUT2D eigenvalue weighted by molar-refractivity contribution is -0.0658. The molecule has 0 bridgehead atoms. The highest BCUT2D eigenvalue weighted by molar-refractivity contribution is 7.51. The van der Waals surface area contributed by atoms with Crippen LogP contribution in [0.4, 0.5) is 5.69 Å². The van der Waals surface area contributed by atoms with Gasteiger partial charge in [0.05, 0.1) is 23.9 Å². The second-order valence-corrected chi connectivity index (χ2v) is 9.87. The van der Waals surface area contributed by atoms with Crippen molar-refractivity contribution >= 4 is 35.9 Å². The lowest BCUT2D eigenvalue weighted by Gasteiger charge is -2.18. The summed E-state index contributed by atoms with van der Waals surface area (Å²) in [6.07, 6.45) is -0.247. The molecule has 2 aromatic heterocycles. The molecule has 174 valence electrons. The first-order valence-electron chi connectivity index (χ1n) is 10.1. The predicted molar refractivity (Wildman–Crippen MR) is 112 cm³/mol. The monoisotopic (exact) mass is 487 g/mol. The molecular formula is C18H23ClN5O7P. The number of aromatic nitrogens is 3. The summed E-state index contributed by atoms with van der Waals surface area (Å²) in [6, 6.07) is 2.26. The van der Waals surface area contributed by atoms with Gasteiger partial charge < -0.3 is 34.8 Å². The Morgan fingerprint density at radius 1 is 1.34 bits per heavy atom. The molecule has 2 fully saturated rings. The topological polar surface area (TPSA) is 183 Å². The van der Waals surface area contributed by atoms with Crippen molar-refractivity contribution in [3.05, 3.63) is 16.9 Å². The number of nitrogens with zero attached hydrogens (tertiary/aromatic N) is 4. The SMILES string of the molecule is N#Cc1c(Cl)nc2c(cnn2[C@H]2O[C@H](COCP(=O)(O)O)[C@@H](O)[C@H]2O)c1NC1CCCC1. The van der Waals surface area contributed by atoms with Crippen LogP contribution in [0.1, 0.15) is 37.5 Å². The molecule has 0 unspecified atom stereocenters. The number of hydrogen-bond donors (Lipinski definition) is 5. The highest BCUT2D eigenvalue weighted by atomic mass is 35.5. The molecule has 2 aliphatic rings. The summed E-state index contributed by atoms with van der Waals surface area (Å²) in [5.41, 5.74) is 0.958. The zero-order valence-corrected chi connectivity index (χ0v) is 18.5. The van der Waals surface area contributed by atoms with Crippen molar-refractivity contribution in [2.45, 2.75) is 56.3 Å². The first kappa shape index (κ1) is 23.4. The predicted octanol–water partition coefficient (Wildman–Crippen LogP) is 1.08. The van der Waals surface area contributed by atoms with Gasteiger partial charge in [0.2, 0.25) is 0 Å². The Balaban J connectivity index is 1.62. The van der Waals surface area contributed by atoms with E-state index in [1.54, 1.807) is 0 Å². The molecule has 12 nitrogen and oxygen atoms in total. The first-order chi connectivity index (χ1) is 15.2. The van der Waals surface area contributed by atoms with E-state index >= 15 is 0 Å². The van der Waals surface area contributed by atoms with E-state index in [0.717, 1.165) is 25.7 Å². The van der Waals surface area contributed by atoms with Crippen LogP contribution in [0.2, 0.25) is 5.15 Å². The van der Waals surface area contributed by atoms with Crippen molar-refractivity contribution in [1.29, 1.82) is 5.26 Å². The van der Waals surface area contributed by atoms with Gasteiger partial charge in [-0.1, -0.05) is 24.4 Å². The smallest absolute Gasteiger partial charge is 0.350 e. The van der Waals surface area contributed by atoms with Gasteiger partial charge in [0.15, 0.2) is 17.0 Å². The van der Waals surface area contributed by atoms with Crippen LogP contribution >= 0.6 is 19.2 Å². The number of anilines is 1. The molecule has 1 saturated heterocycles. The van der Waals surface area contributed by atoms with Gasteiger partial charge in [-0.25, -0.2) is 9.67 Å². The number of nitriles is 1. The van der Waals surface area contributed by atoms with E-state index in [0.29, 0.717) is 11.1 Å². The summed E-state index contributed by atoms with van der Waals surface area (Å²) >= 11 is 6.27. The summed E-state index contributed by atoms with van der Waals surface area (Å²) in [4.78, 5) is 22.1. The minimum Gasteiger partial charge on any atom is -0.387 e. The number of fused-ring (bicyclic) bond motifs is 1. The van der Waals surface area contributed by atoms with Crippen LogP contribution in [0.25, 0.3) is 11.0 Å². The zero-order valence-electron chi connectivity index (χ0n) is 16.8. The van der Waals surface area contributed by atoms with E-state index in [4.69, 9.17) is 30.9 Å². The molecule has 14 heteroatoms. The van der Waals surface area contributed by atoms with Crippen LogP contribution in [0.15, 0.2) is 6.20 Å². The largest absolute Gasteiger partial charge is 0.387 e. The number of aliphatic hydroxyl groups excluding tert-OH is 2. The molecule has 32 heavy (non-hydrogen) atoms. The van der Waals surface area contributed by atoms with Gasteiger partial charge in [-0.3, -0.25) is 4.57 Å². The number of halogens is 1. The van der Waals surface area contributed by atoms with Crippen molar-refractivity contribution in [3.8, 4) is 6.07 Å². The number of ether oxygens (including phenoxy) is 2. The number of pyridine rings is 1. The Kier molecular flexibility index (Phi) is 6.72. The lowest BCUT2D eigenvalue weighted by atomic mass is 10.1. The van der Waals surface area contributed by atoms with E-state index < -0.39 is 38.5 Å². The number of nitrogens with one attached hydrogen (secondary N) is 1. The number of aliphatic hydroxyl groups is 2. The fourth-order valence-corrected chi connectivity index (χ4v) is 4.66. The Morgan fingerprint density at radius 3 is 2.72 bits per heavy atom. The minimum atomic E-state index is -4.38. The summed E-state index contributed by atoms with van der Waals surface area (Å²) < 4.78 is 22.8. The number of hydrogen-bond acceptors (Lipinski definition) is 9. The fourth-order valence-electron chi connectivity index (χ4n) is 4.10. The summed E-state index contributed by atoms with van der Waals surface area (Å²) in [5, 5.41) is 38.5. The third kappa shape index (κ3) is 4.62. The Labute approximate surface area is 187 Å². The Morgan fingerprint density at radius 2 is 2.06 bits per heavy atom. The molecule has 2 aromatic rings. The average Bonchev–Trinajstić information content (AvgIpc) is 3.44. The van der Waals surface area contributed by atoms with Gasteiger partial charge in [-0.2, -0.15) is 10.4 Å². The van der Waals surface area contributed by atoms with Crippen molar-refractivity contribution in [3.63, 3.8) is 0 Å². The maximum atomic E-state index is 10.9. The van der Waals surface area contributed by atoms with Crippen LogP contribution in [0, 0.1) is 11.3 Å². The number of rotatable bonds is 7. The fraction of sp³-hybridized carbons (Fsp3) is 0.611. The van der Waals surface area contributed by atoms with Gasteiger partial charge in [0, 0.05) is 6.04 Å². The van der Waals surface area contributed by atoms with Gasteiger partial charge in [0.25, 0.3) is 0 Å². The molecule has 4 rings (SSSR count). The van der Waals surface area contributed by atoms with Crippen molar-refractivity contribution < 1.29 is 34.0 Å². The standard InChI is InChI=1S/C18H23ClN5O7P/c19-16-10(5-20)13(22-9-3-1-2-4-9)11-6-21-24(17(11)23-16)18-15(26)14(25)12(31-18)7-30-8-32(27,28)29/h6,9,12,14-15,18,25-26H,1-4,7-8H2,(H,22,23)(H2,27,28,29)/t12-,14-,15-,18+/m1/s1. The molecule has 4 atom stereocenters. The quantitative estimate of drug-likeness (QED) is 0.278. The molecule has 1 aliphatic heterocycles. The van der Waals surface area contributed by atoms with E-state index in [9.17, 15) is 20.0 Å². The van der Waals surface area contributed by atoms with Crippen LogP contribution in [-0.4, -0.2) is 72.1 Å². The summed E-state index contributed by atoms with van der Waals surface area (Å²) in [7, 11) is -4.38. The Hall–Kier alpha value is -1.81. The van der Waals surface area contributed by atoms with Gasteiger partial charge in [0.1, 0.15) is 36.3 Å². The van der Waals surface area contributed by atoms with Crippen LogP contribution in [-0.2, 0) is 14.0 Å². The van der Waals surface area contributed by atoms with Crippen LogP contribution in [0.5, 0.6) is 0 Å². The highest BCUT2D eigenvalue weighted by Gasteiger charge is 2.45. The molecule has 1 saturated carbocycles. The molecule has 0 aromatic carbocycles. The highest BCUT2D eigenvalue weighted by Crippen LogP contribution is 2.38. The molecule has 0 radical (unpaired) electrons. The maximum Gasteiger partial charge on any atom is 0.350 e. The minimum absolute atomic E-state index is 0.0307. The molecule has 5 N–H and O–H groups in total. The van der Waals surface area contributed by atoms with Crippen LogP contribution < -0.4 is 5.32 Å². The third-order valence-corrected chi connectivity index (χ3v) is 6.43. The lowest BCUT2D eigenvalue weighted by Crippen LogP contribution is -2.34. The summed E-state index contributed by atoms with van der Waals surface area (Å²) in [6.45, 7) is -0.347. The third-order valence-electron chi connectivity index (χ3n) is 5.63. The van der Waals surface area contributed by atoms with E-state index in [-0.39, 0.29) is 29.0 Å². The van der Waals surface area contributed by atoms with Crippen molar-refractivity contribution in [2.75, 3.05) is 18.3 Å². The van der Waals surface area contributed by atoms with Gasteiger partial charge in [-0.15, -0.1) is 0 Å². The van der Waals surface area contributed by atoms with Crippen molar-refractivity contribution in [1.82, 2.24) is 14.8 Å². The van der Waals surface area contributed by atoms with E-state index in [1.165, 1.54) is 10.9 Å². The van der Waals surface area contributed by atoms with E-state index in [2.05, 4.69) is 21.5 Å². The maximum absolute atomic E-state index is 10.9. The Bertz CT molecular complexity index is 1080. The first-order valence-corrected chi connectivity index (χ1v) is 12.2. The van der Waals surface area contributed by atoms with Gasteiger partial charge in [-0.05, 0) is 12.8 Å². The van der Waals surface area contributed by atoms with Crippen molar-refractivity contribution in [2.24, 2.45) is 0 Å². The second kappa shape index (κ2) is 9.21. The second-order valence-electron chi connectivity index (χ2n) is 7.93. The van der Waals surface area contributed by atoms with Gasteiger partial charge >= 0.3 is 7.60 Å².